The van der Waals surface area contributed by atoms with E-state index >= 15 is 0 Å². The fourth-order valence-corrected chi connectivity index (χ4v) is 9.29. The Hall–Kier alpha value is -3.74. The second-order valence-corrected chi connectivity index (χ2v) is 18.6. The zero-order valence-electron chi connectivity index (χ0n) is 31.0. The molecular weight excluding hydrogens is 693 g/mol. The second kappa shape index (κ2) is 16.7. The average molecular weight is 747 g/mol. The third kappa shape index (κ3) is 9.99. The third-order valence-corrected chi connectivity index (χ3v) is 12.4. The van der Waals surface area contributed by atoms with Gasteiger partial charge < -0.3 is 26.2 Å². The van der Waals surface area contributed by atoms with E-state index in [9.17, 15) is 32.4 Å². The maximum atomic E-state index is 14.4. The molecule has 1 aromatic rings. The molecule has 282 valence electrons. The van der Waals surface area contributed by atoms with Gasteiger partial charge in [-0.05, 0) is 47.0 Å². The van der Waals surface area contributed by atoms with Gasteiger partial charge in [0.2, 0.25) is 27.6 Å². The Kier molecular flexibility index (Phi) is 13.7. The lowest BCUT2D eigenvalue weighted by Gasteiger charge is -2.38. The maximum absolute atomic E-state index is 14.4. The first kappa shape index (κ1) is 41.7. The van der Waals surface area contributed by atoms with Crippen molar-refractivity contribution in [2.45, 2.75) is 110 Å². The molecule has 0 spiro atoms. The Morgan fingerprint density at radius 3 is 2.29 bits per heavy atom. The number of rotatable bonds is 14. The molecule has 5 amide bonds. The van der Waals surface area contributed by atoms with E-state index in [-0.39, 0.29) is 55.8 Å². The van der Waals surface area contributed by atoms with Gasteiger partial charge in [-0.2, -0.15) is 4.31 Å². The first-order valence-electron chi connectivity index (χ1n) is 17.3. The molecule has 3 rings (SSSR count). The molecule has 1 saturated heterocycles. The summed E-state index contributed by atoms with van der Waals surface area (Å²) in [5, 5.41) is 12.7. The van der Waals surface area contributed by atoms with Crippen molar-refractivity contribution < 1.29 is 32.4 Å². The number of carbonyl (C=O) groups is 5. The van der Waals surface area contributed by atoms with Crippen LogP contribution in [-0.2, 0) is 35.7 Å². The molecular formula is C36H54N6O7S2. The van der Waals surface area contributed by atoms with Crippen molar-refractivity contribution in [3.05, 3.63) is 29.0 Å². The van der Waals surface area contributed by atoms with Crippen molar-refractivity contribution in [3.8, 4) is 12.3 Å². The molecule has 2 aliphatic rings. The van der Waals surface area contributed by atoms with E-state index in [1.54, 1.807) is 32.2 Å². The van der Waals surface area contributed by atoms with Gasteiger partial charge in [-0.1, -0.05) is 61.5 Å². The lowest BCUT2D eigenvalue weighted by Crippen LogP contribution is -2.62. The fourth-order valence-electron chi connectivity index (χ4n) is 6.37. The van der Waals surface area contributed by atoms with Crippen LogP contribution in [0.4, 0.5) is 4.79 Å². The van der Waals surface area contributed by atoms with Crippen molar-refractivity contribution >= 4 is 50.9 Å². The highest BCUT2D eigenvalue weighted by atomic mass is 32.2. The Labute approximate surface area is 306 Å². The van der Waals surface area contributed by atoms with Crippen LogP contribution in [0.2, 0.25) is 0 Å². The number of ketones is 1. The smallest absolute Gasteiger partial charge is 0.315 e. The number of terminal acetylenes is 1. The Morgan fingerprint density at radius 2 is 1.75 bits per heavy atom. The van der Waals surface area contributed by atoms with Gasteiger partial charge in [0, 0.05) is 43.5 Å². The van der Waals surface area contributed by atoms with Gasteiger partial charge in [0.1, 0.15) is 12.1 Å². The number of nitrogens with one attached hydrogen (secondary N) is 4. The van der Waals surface area contributed by atoms with E-state index in [2.05, 4.69) is 33.8 Å². The Bertz CT molecular complexity index is 1630. The standard InChI is InChI=1S/C36H54N6O7S2/c1-11-13-14-24(29(43)32(45)37-17-12-2)38-31(44)28-23(22(3)4)15-18-42(28)33(46)30(36(8,9)10)40-34(47)39-27(35(5,6)7)21-41-20-25-26(16-19-50-25)51(41,48)49/h1,12,16,19,22-24,27-28,30H,2,13-15,17-18,20-21H2,3-10H3,(H,37,45)(H,38,44)(H2,39,40,47)/t23-,24?,27-,28+,30-/m1/s1. The van der Waals surface area contributed by atoms with Crippen LogP contribution in [0.15, 0.2) is 29.0 Å². The summed E-state index contributed by atoms with van der Waals surface area (Å²) in [6.45, 7) is 19.1. The van der Waals surface area contributed by atoms with Crippen LogP contribution in [0.5, 0.6) is 0 Å². The van der Waals surface area contributed by atoms with Crippen molar-refractivity contribution in [1.29, 1.82) is 0 Å². The van der Waals surface area contributed by atoms with E-state index in [1.165, 1.54) is 26.6 Å². The zero-order valence-corrected chi connectivity index (χ0v) is 32.6. The highest BCUT2D eigenvalue weighted by Gasteiger charge is 2.48. The lowest BCUT2D eigenvalue weighted by atomic mass is 9.84. The number of fused-ring (bicyclic) bond motifs is 1. The molecule has 0 bridgehead atoms. The van der Waals surface area contributed by atoms with Crippen LogP contribution in [0, 0.1) is 35.0 Å². The quantitative estimate of drug-likeness (QED) is 0.129. The normalized spacial score (nSPS) is 20.4. The number of sulfonamides is 1. The summed E-state index contributed by atoms with van der Waals surface area (Å²) in [4.78, 5) is 70.2. The summed E-state index contributed by atoms with van der Waals surface area (Å²) in [6, 6.07) is -2.94. The van der Waals surface area contributed by atoms with Crippen molar-refractivity contribution in [1.82, 2.24) is 30.5 Å². The van der Waals surface area contributed by atoms with Crippen molar-refractivity contribution in [2.24, 2.45) is 22.7 Å². The van der Waals surface area contributed by atoms with Crippen LogP contribution in [0.3, 0.4) is 0 Å². The predicted molar refractivity (Wildman–Crippen MR) is 197 cm³/mol. The SMILES string of the molecule is C#CCCC(NC(=O)[C@@H]1[C@@H](C(C)C)CCN1C(=O)[C@@H](NC(=O)N[C@H](CN1Cc2sccc2S1(=O)=O)C(C)(C)C)C(C)(C)C)C(=O)C(=O)NCC=C. The van der Waals surface area contributed by atoms with E-state index < -0.39 is 74.6 Å². The maximum Gasteiger partial charge on any atom is 0.315 e. The van der Waals surface area contributed by atoms with Crippen LogP contribution in [0.1, 0.15) is 79.5 Å². The molecule has 13 nitrogen and oxygen atoms in total. The van der Waals surface area contributed by atoms with Gasteiger partial charge >= 0.3 is 6.03 Å². The van der Waals surface area contributed by atoms with Gasteiger partial charge in [-0.15, -0.1) is 30.3 Å². The molecule has 15 heteroatoms. The Morgan fingerprint density at radius 1 is 1.08 bits per heavy atom. The van der Waals surface area contributed by atoms with Crippen LogP contribution >= 0.6 is 11.3 Å². The van der Waals surface area contributed by atoms with E-state index in [4.69, 9.17) is 6.42 Å². The molecule has 5 atom stereocenters. The third-order valence-electron chi connectivity index (χ3n) is 9.46. The zero-order chi connectivity index (χ0) is 38.5. The van der Waals surface area contributed by atoms with Crippen LogP contribution < -0.4 is 21.3 Å². The summed E-state index contributed by atoms with van der Waals surface area (Å²) in [6.07, 6.45) is 7.53. The molecule has 0 aromatic carbocycles. The number of Topliss-reactive ketones (excluding diaryl/α,β-unsaturated/α-hetero) is 1. The number of thiophene rings is 1. The molecule has 2 aliphatic heterocycles. The molecule has 4 N–H and O–H groups in total. The van der Waals surface area contributed by atoms with E-state index in [0.717, 1.165) is 4.88 Å². The topological polar surface area (TPSA) is 174 Å². The molecule has 1 fully saturated rings. The lowest BCUT2D eigenvalue weighted by molar-refractivity contribution is -0.144. The minimum Gasteiger partial charge on any atom is -0.346 e. The van der Waals surface area contributed by atoms with E-state index in [1.807, 2.05) is 34.6 Å². The monoisotopic (exact) mass is 746 g/mol. The van der Waals surface area contributed by atoms with Gasteiger partial charge in [-0.25, -0.2) is 13.2 Å². The number of nitrogens with zero attached hydrogens (tertiary/aromatic N) is 2. The van der Waals surface area contributed by atoms with Crippen molar-refractivity contribution in [2.75, 3.05) is 19.6 Å². The van der Waals surface area contributed by atoms with E-state index in [0.29, 0.717) is 6.42 Å². The summed E-state index contributed by atoms with van der Waals surface area (Å²) >= 11 is 1.37. The van der Waals surface area contributed by atoms with Crippen molar-refractivity contribution in [3.63, 3.8) is 0 Å². The molecule has 0 radical (unpaired) electrons. The first-order valence-corrected chi connectivity index (χ1v) is 19.6. The van der Waals surface area contributed by atoms with Crippen LogP contribution in [-0.4, -0.2) is 91.0 Å². The number of hydrogen-bond donors (Lipinski definition) is 4. The summed E-state index contributed by atoms with van der Waals surface area (Å²) in [7, 11) is -3.70. The Balaban J connectivity index is 1.84. The summed E-state index contributed by atoms with van der Waals surface area (Å²) in [5.41, 5.74) is -1.35. The van der Waals surface area contributed by atoms with Gasteiger partial charge in [0.15, 0.2) is 0 Å². The summed E-state index contributed by atoms with van der Waals surface area (Å²) < 4.78 is 27.8. The molecule has 1 unspecified atom stereocenters. The van der Waals surface area contributed by atoms with Gasteiger partial charge in [0.25, 0.3) is 5.91 Å². The first-order chi connectivity index (χ1) is 23.6. The van der Waals surface area contributed by atoms with Gasteiger partial charge in [-0.3, -0.25) is 19.2 Å². The van der Waals surface area contributed by atoms with Crippen LogP contribution in [0.25, 0.3) is 0 Å². The minimum atomic E-state index is -3.70. The highest BCUT2D eigenvalue weighted by Crippen LogP contribution is 2.36. The number of urea groups is 1. The summed E-state index contributed by atoms with van der Waals surface area (Å²) in [5.74, 6) is -0.644. The molecule has 3 heterocycles. The molecule has 1 aromatic heterocycles. The highest BCUT2D eigenvalue weighted by molar-refractivity contribution is 7.89. The van der Waals surface area contributed by atoms with Gasteiger partial charge in [0.05, 0.1) is 10.9 Å². The fraction of sp³-hybridized carbons (Fsp3) is 0.639. The predicted octanol–water partition coefficient (Wildman–Crippen LogP) is 3.02. The number of likely N-dealkylation sites (tertiary alicyclic amines) is 1. The average Bonchev–Trinajstić information content (AvgIpc) is 3.75. The minimum absolute atomic E-state index is 0.0159. The molecule has 0 saturated carbocycles. The second-order valence-electron chi connectivity index (χ2n) is 15.7. The number of amides is 5. The molecule has 51 heavy (non-hydrogen) atoms. The largest absolute Gasteiger partial charge is 0.346 e. The number of carbonyl (C=O) groups excluding carboxylic acids is 5. The number of hydrogen-bond acceptors (Lipinski definition) is 8. The molecule has 0 aliphatic carbocycles.